The predicted molar refractivity (Wildman–Crippen MR) is 43.1 cm³/mol. The zero-order valence-electron chi connectivity index (χ0n) is 6.21. The fraction of sp³-hybridized carbons (Fsp3) is 0. The highest BCUT2D eigenvalue weighted by Crippen LogP contribution is 2.21. The molecular weight excluding hydrogens is 197 g/mol. The van der Waals surface area contributed by atoms with Crippen molar-refractivity contribution in [3.63, 3.8) is 0 Å². The Morgan fingerprint density at radius 2 is 2.23 bits per heavy atom. The number of carboxylic acids is 1. The minimum Gasteiger partial charge on any atom is -0.478 e. The van der Waals surface area contributed by atoms with Gasteiger partial charge in [0.1, 0.15) is 11.9 Å². The average molecular weight is 200 g/mol. The Kier molecular flexibility index (Phi) is 2.49. The number of nitriles is 1. The van der Waals surface area contributed by atoms with Gasteiger partial charge in [0.25, 0.3) is 0 Å². The van der Waals surface area contributed by atoms with Crippen LogP contribution in [0.25, 0.3) is 0 Å². The maximum Gasteiger partial charge on any atom is 0.338 e. The number of benzene rings is 1. The first-order valence-corrected chi connectivity index (χ1v) is 3.56. The Bertz CT molecular complexity index is 411. The Balaban J connectivity index is 3.50. The number of rotatable bonds is 1. The van der Waals surface area contributed by atoms with Crippen molar-refractivity contribution < 1.29 is 14.3 Å². The van der Waals surface area contributed by atoms with Crippen molar-refractivity contribution in [2.45, 2.75) is 0 Å². The van der Waals surface area contributed by atoms with Gasteiger partial charge in [-0.2, -0.15) is 5.26 Å². The molecule has 0 amide bonds. The molecule has 0 radical (unpaired) electrons. The van der Waals surface area contributed by atoms with Crippen LogP contribution in [-0.4, -0.2) is 11.1 Å². The van der Waals surface area contributed by atoms with Crippen LogP contribution in [0.1, 0.15) is 15.9 Å². The smallest absolute Gasteiger partial charge is 0.338 e. The molecule has 0 spiro atoms. The van der Waals surface area contributed by atoms with E-state index in [1.54, 1.807) is 6.07 Å². The predicted octanol–water partition coefficient (Wildman–Crippen LogP) is 2.05. The molecule has 1 N–H and O–H groups in total. The number of hydrogen-bond acceptors (Lipinski definition) is 2. The third kappa shape index (κ3) is 1.76. The molecule has 0 saturated carbocycles. The summed E-state index contributed by atoms with van der Waals surface area (Å²) in [6.07, 6.45) is 0. The summed E-state index contributed by atoms with van der Waals surface area (Å²) in [5.41, 5.74) is -0.650. The lowest BCUT2D eigenvalue weighted by Gasteiger charge is -2.00. The van der Waals surface area contributed by atoms with E-state index in [9.17, 15) is 9.18 Å². The summed E-state index contributed by atoms with van der Waals surface area (Å²) < 4.78 is 12.6. The second-order valence-electron chi connectivity index (χ2n) is 2.23. The first-order chi connectivity index (χ1) is 6.06. The summed E-state index contributed by atoms with van der Waals surface area (Å²) in [7, 11) is 0. The first kappa shape index (κ1) is 9.49. The maximum atomic E-state index is 12.6. The quantitative estimate of drug-likeness (QED) is 0.753. The van der Waals surface area contributed by atoms with Crippen LogP contribution in [0.2, 0.25) is 5.02 Å². The highest BCUT2D eigenvalue weighted by atomic mass is 35.5. The molecule has 0 aliphatic carbocycles. The van der Waals surface area contributed by atoms with Gasteiger partial charge in [-0.3, -0.25) is 0 Å². The molecule has 0 saturated heterocycles. The van der Waals surface area contributed by atoms with Crippen molar-refractivity contribution in [3.8, 4) is 6.07 Å². The molecule has 0 fully saturated rings. The normalized spacial score (nSPS) is 9.31. The lowest BCUT2D eigenvalue weighted by Crippen LogP contribution is -2.02. The molecule has 1 rings (SSSR count). The van der Waals surface area contributed by atoms with Gasteiger partial charge in [-0.1, -0.05) is 11.6 Å². The Labute approximate surface area is 78.0 Å². The van der Waals surface area contributed by atoms with Crippen LogP contribution < -0.4 is 0 Å². The second-order valence-corrected chi connectivity index (χ2v) is 2.63. The van der Waals surface area contributed by atoms with Gasteiger partial charge in [0.15, 0.2) is 0 Å². The van der Waals surface area contributed by atoms with Gasteiger partial charge in [0, 0.05) is 0 Å². The fourth-order valence-corrected chi connectivity index (χ4v) is 1.17. The van der Waals surface area contributed by atoms with E-state index >= 15 is 0 Å². The van der Waals surface area contributed by atoms with Crippen LogP contribution in [0, 0.1) is 17.1 Å². The summed E-state index contributed by atoms with van der Waals surface area (Å²) in [5.74, 6) is -2.08. The highest BCUT2D eigenvalue weighted by molar-refractivity contribution is 6.33. The Morgan fingerprint density at radius 1 is 1.62 bits per heavy atom. The third-order valence-corrected chi connectivity index (χ3v) is 1.69. The third-order valence-electron chi connectivity index (χ3n) is 1.39. The summed E-state index contributed by atoms with van der Waals surface area (Å²) in [4.78, 5) is 10.6. The number of aromatic carboxylic acids is 1. The average Bonchev–Trinajstić information content (AvgIpc) is 2.01. The molecule has 1 aromatic carbocycles. The highest BCUT2D eigenvalue weighted by Gasteiger charge is 2.15. The van der Waals surface area contributed by atoms with E-state index in [-0.39, 0.29) is 16.1 Å². The van der Waals surface area contributed by atoms with Crippen LogP contribution in [0.3, 0.4) is 0 Å². The zero-order valence-corrected chi connectivity index (χ0v) is 6.97. The van der Waals surface area contributed by atoms with Crippen molar-refractivity contribution in [2.75, 3.05) is 0 Å². The standard InChI is InChI=1S/C8H3ClFNO2/c9-6-2-5(10)1-4(3-11)7(6)8(12)13/h1-2H,(H,12,13). The molecule has 66 valence electrons. The lowest BCUT2D eigenvalue weighted by atomic mass is 10.1. The molecule has 13 heavy (non-hydrogen) atoms. The number of carboxylic acid groups (broad SMARTS) is 1. The molecule has 0 unspecified atom stereocenters. The van der Waals surface area contributed by atoms with Crippen LogP contribution in [0.15, 0.2) is 12.1 Å². The van der Waals surface area contributed by atoms with E-state index in [0.717, 1.165) is 12.1 Å². The van der Waals surface area contributed by atoms with Crippen molar-refractivity contribution >= 4 is 17.6 Å². The molecule has 0 aliphatic heterocycles. The van der Waals surface area contributed by atoms with Crippen LogP contribution in [0.5, 0.6) is 0 Å². The van der Waals surface area contributed by atoms with Gasteiger partial charge in [-0.05, 0) is 12.1 Å². The number of nitrogens with zero attached hydrogens (tertiary/aromatic N) is 1. The molecule has 5 heteroatoms. The van der Waals surface area contributed by atoms with Gasteiger partial charge in [0.2, 0.25) is 0 Å². The Hall–Kier alpha value is -1.60. The molecule has 0 aromatic heterocycles. The molecule has 0 heterocycles. The molecule has 0 atom stereocenters. The van der Waals surface area contributed by atoms with E-state index in [1.165, 1.54) is 0 Å². The minimum atomic E-state index is -1.35. The van der Waals surface area contributed by atoms with Gasteiger partial charge in [-0.25, -0.2) is 9.18 Å². The lowest BCUT2D eigenvalue weighted by molar-refractivity contribution is 0.0696. The molecular formula is C8H3ClFNO2. The van der Waals surface area contributed by atoms with Gasteiger partial charge < -0.3 is 5.11 Å². The number of halogens is 2. The summed E-state index contributed by atoms with van der Waals surface area (Å²) in [5, 5.41) is 16.8. The van der Waals surface area contributed by atoms with Crippen molar-refractivity contribution in [1.29, 1.82) is 5.26 Å². The maximum absolute atomic E-state index is 12.6. The second kappa shape index (κ2) is 3.42. The monoisotopic (exact) mass is 199 g/mol. The minimum absolute atomic E-state index is 0.274. The number of carbonyl (C=O) groups is 1. The summed E-state index contributed by atoms with van der Waals surface area (Å²) in [6, 6.07) is 3.24. The largest absolute Gasteiger partial charge is 0.478 e. The van der Waals surface area contributed by atoms with E-state index in [4.69, 9.17) is 22.0 Å². The zero-order chi connectivity index (χ0) is 10.0. The van der Waals surface area contributed by atoms with Crippen LogP contribution >= 0.6 is 11.6 Å². The molecule has 0 bridgehead atoms. The van der Waals surface area contributed by atoms with E-state index < -0.39 is 11.8 Å². The van der Waals surface area contributed by atoms with Crippen LogP contribution in [0.4, 0.5) is 4.39 Å². The molecule has 1 aromatic rings. The van der Waals surface area contributed by atoms with Gasteiger partial charge in [0.05, 0.1) is 16.1 Å². The SMILES string of the molecule is N#Cc1cc(F)cc(Cl)c1C(=O)O. The molecule has 3 nitrogen and oxygen atoms in total. The van der Waals surface area contributed by atoms with Crippen molar-refractivity contribution in [1.82, 2.24) is 0 Å². The summed E-state index contributed by atoms with van der Waals surface area (Å²) >= 11 is 5.44. The van der Waals surface area contributed by atoms with E-state index in [2.05, 4.69) is 0 Å². The van der Waals surface area contributed by atoms with Crippen LogP contribution in [-0.2, 0) is 0 Å². The first-order valence-electron chi connectivity index (χ1n) is 3.18. The Morgan fingerprint density at radius 3 is 2.69 bits per heavy atom. The van der Waals surface area contributed by atoms with Crippen molar-refractivity contribution in [3.05, 3.63) is 34.1 Å². The number of hydrogen-bond donors (Lipinski definition) is 1. The van der Waals surface area contributed by atoms with Gasteiger partial charge in [-0.15, -0.1) is 0 Å². The fourth-order valence-electron chi connectivity index (χ4n) is 0.879. The van der Waals surface area contributed by atoms with E-state index in [0.29, 0.717) is 0 Å². The van der Waals surface area contributed by atoms with E-state index in [1.807, 2.05) is 0 Å². The topological polar surface area (TPSA) is 61.1 Å². The van der Waals surface area contributed by atoms with Crippen molar-refractivity contribution in [2.24, 2.45) is 0 Å². The summed E-state index contributed by atoms with van der Waals surface area (Å²) in [6.45, 7) is 0. The van der Waals surface area contributed by atoms with Gasteiger partial charge >= 0.3 is 5.97 Å². The molecule has 0 aliphatic rings.